The summed E-state index contributed by atoms with van der Waals surface area (Å²) in [6, 6.07) is 1.55. The highest BCUT2D eigenvalue weighted by Gasteiger charge is 2.41. The van der Waals surface area contributed by atoms with Gasteiger partial charge in [0.1, 0.15) is 5.69 Å². The summed E-state index contributed by atoms with van der Waals surface area (Å²) in [4.78, 5) is 22.9. The molecule has 3 N–H and O–H groups in total. The second-order valence-corrected chi connectivity index (χ2v) is 4.45. The standard InChI is InChI=1S/C11H15N3O3/c15-9(8-3-6-13-14-8)12-7-11(10(16)17)4-1-2-5-11/h3,6H,1-2,4-5,7H2,(H,12,15)(H,13,14)(H,16,17). The van der Waals surface area contributed by atoms with E-state index in [9.17, 15) is 14.7 Å². The predicted octanol–water partition coefficient (Wildman–Crippen LogP) is 0.784. The van der Waals surface area contributed by atoms with E-state index in [2.05, 4.69) is 15.5 Å². The van der Waals surface area contributed by atoms with Gasteiger partial charge in [-0.15, -0.1) is 0 Å². The van der Waals surface area contributed by atoms with Gasteiger partial charge in [-0.25, -0.2) is 0 Å². The molecule has 0 unspecified atom stereocenters. The molecule has 1 aromatic heterocycles. The van der Waals surface area contributed by atoms with Gasteiger partial charge in [-0.2, -0.15) is 5.10 Å². The van der Waals surface area contributed by atoms with Gasteiger partial charge in [0, 0.05) is 12.7 Å². The minimum atomic E-state index is -0.820. The first kappa shape index (κ1) is 11.6. The molecule has 2 rings (SSSR count). The highest BCUT2D eigenvalue weighted by atomic mass is 16.4. The van der Waals surface area contributed by atoms with Crippen LogP contribution in [0.3, 0.4) is 0 Å². The van der Waals surface area contributed by atoms with Crippen LogP contribution in [0, 0.1) is 5.41 Å². The molecule has 17 heavy (non-hydrogen) atoms. The second kappa shape index (κ2) is 4.57. The zero-order valence-electron chi connectivity index (χ0n) is 9.40. The first-order valence-electron chi connectivity index (χ1n) is 5.65. The van der Waals surface area contributed by atoms with Gasteiger partial charge in [0.2, 0.25) is 0 Å². The fourth-order valence-corrected chi connectivity index (χ4v) is 2.25. The summed E-state index contributed by atoms with van der Waals surface area (Å²) in [5, 5.41) is 18.1. The number of nitrogens with one attached hydrogen (secondary N) is 2. The fraction of sp³-hybridized carbons (Fsp3) is 0.545. The summed E-state index contributed by atoms with van der Waals surface area (Å²) in [5.41, 5.74) is -0.432. The molecule has 1 fully saturated rings. The van der Waals surface area contributed by atoms with Crippen molar-refractivity contribution in [1.82, 2.24) is 15.5 Å². The SMILES string of the molecule is O=C(NCC1(C(=O)O)CCCC1)c1ccn[nH]1. The van der Waals surface area contributed by atoms with E-state index in [1.54, 1.807) is 6.07 Å². The topological polar surface area (TPSA) is 95.1 Å². The van der Waals surface area contributed by atoms with Gasteiger partial charge >= 0.3 is 5.97 Å². The van der Waals surface area contributed by atoms with E-state index in [-0.39, 0.29) is 12.5 Å². The maximum absolute atomic E-state index is 11.7. The molecule has 92 valence electrons. The molecule has 6 nitrogen and oxygen atoms in total. The minimum Gasteiger partial charge on any atom is -0.481 e. The van der Waals surface area contributed by atoms with Crippen LogP contribution in [0.5, 0.6) is 0 Å². The molecule has 6 heteroatoms. The Morgan fingerprint density at radius 3 is 2.71 bits per heavy atom. The number of amides is 1. The van der Waals surface area contributed by atoms with Crippen molar-refractivity contribution in [3.63, 3.8) is 0 Å². The Morgan fingerprint density at radius 2 is 2.18 bits per heavy atom. The van der Waals surface area contributed by atoms with Gasteiger partial charge < -0.3 is 10.4 Å². The van der Waals surface area contributed by atoms with Gasteiger partial charge in [-0.1, -0.05) is 12.8 Å². The number of nitrogens with zero attached hydrogens (tertiary/aromatic N) is 1. The van der Waals surface area contributed by atoms with Crippen LogP contribution in [-0.2, 0) is 4.79 Å². The van der Waals surface area contributed by atoms with Crippen LogP contribution in [0.2, 0.25) is 0 Å². The summed E-state index contributed by atoms with van der Waals surface area (Å²) in [7, 11) is 0. The van der Waals surface area contributed by atoms with Crippen LogP contribution in [-0.4, -0.2) is 33.7 Å². The van der Waals surface area contributed by atoms with Crippen LogP contribution in [0.1, 0.15) is 36.2 Å². The van der Waals surface area contributed by atoms with Crippen molar-refractivity contribution in [3.8, 4) is 0 Å². The van der Waals surface area contributed by atoms with Crippen molar-refractivity contribution in [3.05, 3.63) is 18.0 Å². The van der Waals surface area contributed by atoms with Crippen molar-refractivity contribution in [1.29, 1.82) is 0 Å². The zero-order chi connectivity index (χ0) is 12.3. The molecular formula is C11H15N3O3. The lowest BCUT2D eigenvalue weighted by molar-refractivity contribution is -0.148. The molecule has 1 amide bonds. The van der Waals surface area contributed by atoms with Gasteiger partial charge in [0.25, 0.3) is 5.91 Å². The summed E-state index contributed by atoms with van der Waals surface area (Å²) < 4.78 is 0. The number of hydrogen-bond acceptors (Lipinski definition) is 3. The summed E-state index contributed by atoms with van der Waals surface area (Å²) >= 11 is 0. The smallest absolute Gasteiger partial charge is 0.311 e. The van der Waals surface area contributed by atoms with Crippen LogP contribution < -0.4 is 5.32 Å². The molecule has 0 bridgehead atoms. The molecule has 1 heterocycles. The monoisotopic (exact) mass is 237 g/mol. The number of carbonyl (C=O) groups excluding carboxylic acids is 1. The predicted molar refractivity (Wildman–Crippen MR) is 59.5 cm³/mol. The van der Waals surface area contributed by atoms with Crippen LogP contribution in [0.25, 0.3) is 0 Å². The number of rotatable bonds is 4. The maximum Gasteiger partial charge on any atom is 0.311 e. The first-order chi connectivity index (χ1) is 8.14. The van der Waals surface area contributed by atoms with Crippen molar-refractivity contribution in [2.45, 2.75) is 25.7 Å². The normalized spacial score (nSPS) is 17.9. The number of aromatic nitrogens is 2. The molecule has 1 saturated carbocycles. The van der Waals surface area contributed by atoms with Gasteiger partial charge in [0.05, 0.1) is 5.41 Å². The van der Waals surface area contributed by atoms with E-state index in [1.165, 1.54) is 6.20 Å². The Balaban J connectivity index is 1.97. The minimum absolute atomic E-state index is 0.181. The molecule has 1 aromatic rings. The Labute approximate surface area is 98.4 Å². The molecule has 0 aliphatic heterocycles. The van der Waals surface area contributed by atoms with Crippen LogP contribution in [0.4, 0.5) is 0 Å². The van der Waals surface area contributed by atoms with E-state index < -0.39 is 11.4 Å². The Hall–Kier alpha value is -1.85. The lowest BCUT2D eigenvalue weighted by atomic mass is 9.86. The lowest BCUT2D eigenvalue weighted by Crippen LogP contribution is -2.41. The van der Waals surface area contributed by atoms with Gasteiger partial charge in [-0.3, -0.25) is 14.7 Å². The molecule has 0 atom stereocenters. The van der Waals surface area contributed by atoms with Crippen molar-refractivity contribution >= 4 is 11.9 Å². The van der Waals surface area contributed by atoms with Gasteiger partial charge in [0.15, 0.2) is 0 Å². The average Bonchev–Trinajstić information content (AvgIpc) is 2.97. The summed E-state index contributed by atoms with van der Waals surface area (Å²) in [6.45, 7) is 0.181. The Kier molecular flexibility index (Phi) is 3.12. The number of aromatic amines is 1. The average molecular weight is 237 g/mol. The van der Waals surface area contributed by atoms with Crippen molar-refractivity contribution in [2.24, 2.45) is 5.41 Å². The van der Waals surface area contributed by atoms with E-state index in [0.29, 0.717) is 18.5 Å². The number of carbonyl (C=O) groups is 2. The van der Waals surface area contributed by atoms with E-state index in [1.807, 2.05) is 0 Å². The Bertz CT molecular complexity index is 408. The third-order valence-corrected chi connectivity index (χ3v) is 3.35. The molecule has 0 spiro atoms. The zero-order valence-corrected chi connectivity index (χ0v) is 9.40. The molecule has 0 radical (unpaired) electrons. The summed E-state index contributed by atoms with van der Waals surface area (Å²) in [6.07, 6.45) is 4.56. The summed E-state index contributed by atoms with van der Waals surface area (Å²) in [5.74, 6) is -1.13. The number of aliphatic carboxylic acids is 1. The van der Waals surface area contributed by atoms with Crippen LogP contribution in [0.15, 0.2) is 12.3 Å². The molecular weight excluding hydrogens is 222 g/mol. The van der Waals surface area contributed by atoms with Crippen molar-refractivity contribution < 1.29 is 14.7 Å². The molecule has 0 aromatic carbocycles. The van der Waals surface area contributed by atoms with Gasteiger partial charge in [-0.05, 0) is 18.9 Å². The van der Waals surface area contributed by atoms with Crippen molar-refractivity contribution in [2.75, 3.05) is 6.54 Å². The number of hydrogen-bond donors (Lipinski definition) is 3. The van der Waals surface area contributed by atoms with E-state index >= 15 is 0 Å². The molecule has 1 aliphatic carbocycles. The highest BCUT2D eigenvalue weighted by Crippen LogP contribution is 2.37. The Morgan fingerprint density at radius 1 is 1.47 bits per heavy atom. The number of carboxylic acids is 1. The fourth-order valence-electron chi connectivity index (χ4n) is 2.25. The number of carboxylic acid groups (broad SMARTS) is 1. The molecule has 0 saturated heterocycles. The quantitative estimate of drug-likeness (QED) is 0.721. The van der Waals surface area contributed by atoms with Crippen LogP contribution >= 0.6 is 0 Å². The van der Waals surface area contributed by atoms with E-state index in [4.69, 9.17) is 0 Å². The maximum atomic E-state index is 11.7. The third kappa shape index (κ3) is 2.30. The lowest BCUT2D eigenvalue weighted by Gasteiger charge is -2.23. The van der Waals surface area contributed by atoms with E-state index in [0.717, 1.165) is 12.8 Å². The number of H-pyrrole nitrogens is 1. The molecule has 1 aliphatic rings. The second-order valence-electron chi connectivity index (χ2n) is 4.45. The largest absolute Gasteiger partial charge is 0.481 e. The third-order valence-electron chi connectivity index (χ3n) is 3.35. The first-order valence-corrected chi connectivity index (χ1v) is 5.65. The highest BCUT2D eigenvalue weighted by molar-refractivity contribution is 5.92.